The van der Waals surface area contributed by atoms with Crippen molar-refractivity contribution < 1.29 is 27.2 Å². The monoisotopic (exact) mass is 558 g/mol. The summed E-state index contributed by atoms with van der Waals surface area (Å²) in [6.07, 6.45) is -2.81. The Labute approximate surface area is 228 Å². The number of aromatic nitrogens is 3. The lowest BCUT2D eigenvalue weighted by Gasteiger charge is -2.19. The van der Waals surface area contributed by atoms with Gasteiger partial charge in [-0.2, -0.15) is 18.2 Å². The smallest absolute Gasteiger partial charge is 0.417 e. The van der Waals surface area contributed by atoms with Gasteiger partial charge in [0.15, 0.2) is 0 Å². The second-order valence-electron chi connectivity index (χ2n) is 9.81. The first-order valence-electron chi connectivity index (χ1n) is 12.0. The van der Waals surface area contributed by atoms with E-state index in [-0.39, 0.29) is 36.2 Å². The molecular formula is C28H26ClF3N4O3. The summed E-state index contributed by atoms with van der Waals surface area (Å²) < 4.78 is 51.2. The third-order valence-electron chi connectivity index (χ3n) is 5.56. The maximum Gasteiger partial charge on any atom is 0.417 e. The Morgan fingerprint density at radius 1 is 1.05 bits per heavy atom. The number of benzene rings is 2. The number of alkyl halides is 3. The van der Waals surface area contributed by atoms with Crippen LogP contribution in [0.4, 0.5) is 19.0 Å². The first kappa shape index (κ1) is 28.1. The number of rotatable bonds is 7. The number of nitrogens with zero attached hydrogens (tertiary/aromatic N) is 3. The van der Waals surface area contributed by atoms with Gasteiger partial charge in [-0.15, -0.1) is 0 Å². The Morgan fingerprint density at radius 3 is 2.46 bits per heavy atom. The molecule has 4 aromatic rings. The number of hydrogen-bond acceptors (Lipinski definition) is 7. The van der Waals surface area contributed by atoms with E-state index in [0.29, 0.717) is 33.1 Å². The number of carbonyl (C=O) groups excluding carboxylic acids is 1. The summed E-state index contributed by atoms with van der Waals surface area (Å²) in [5.41, 5.74) is 0.970. The highest BCUT2D eigenvalue weighted by Gasteiger charge is 2.33. The Morgan fingerprint density at radius 2 is 1.79 bits per heavy atom. The van der Waals surface area contributed by atoms with Crippen molar-refractivity contribution in [2.75, 3.05) is 11.9 Å². The van der Waals surface area contributed by atoms with Gasteiger partial charge in [-0.25, -0.2) is 4.98 Å². The van der Waals surface area contributed by atoms with Crippen LogP contribution in [0, 0.1) is 6.92 Å². The summed E-state index contributed by atoms with van der Waals surface area (Å²) in [5, 5.41) is 7.29. The van der Waals surface area contributed by atoms with Crippen molar-refractivity contribution in [2.24, 2.45) is 0 Å². The molecule has 0 aliphatic rings. The van der Waals surface area contributed by atoms with Gasteiger partial charge in [0.25, 0.3) is 5.89 Å². The molecule has 0 amide bonds. The van der Waals surface area contributed by atoms with Gasteiger partial charge in [0.1, 0.15) is 11.4 Å². The molecule has 204 valence electrons. The Kier molecular flexibility index (Phi) is 7.96. The van der Waals surface area contributed by atoms with E-state index in [1.54, 1.807) is 58.0 Å². The molecule has 0 aliphatic carbocycles. The summed E-state index contributed by atoms with van der Waals surface area (Å²) in [6.45, 7) is 7.41. The molecule has 2 heterocycles. The van der Waals surface area contributed by atoms with E-state index >= 15 is 0 Å². The molecule has 0 spiro atoms. The quantitative estimate of drug-likeness (QED) is 0.234. The molecule has 0 unspecified atom stereocenters. The van der Waals surface area contributed by atoms with E-state index in [4.69, 9.17) is 20.9 Å². The predicted octanol–water partition coefficient (Wildman–Crippen LogP) is 7.59. The van der Waals surface area contributed by atoms with Crippen LogP contribution in [0.1, 0.15) is 38.3 Å². The fourth-order valence-electron chi connectivity index (χ4n) is 3.89. The molecule has 7 nitrogen and oxygen atoms in total. The number of ether oxygens (including phenoxy) is 1. The van der Waals surface area contributed by atoms with E-state index in [2.05, 4.69) is 20.4 Å². The fraction of sp³-hybridized carbons (Fsp3) is 0.286. The van der Waals surface area contributed by atoms with Gasteiger partial charge >= 0.3 is 12.1 Å². The summed E-state index contributed by atoms with van der Waals surface area (Å²) in [6, 6.07) is 12.0. The summed E-state index contributed by atoms with van der Waals surface area (Å²) in [5.74, 6) is 0.483. The van der Waals surface area contributed by atoms with E-state index < -0.39 is 17.3 Å². The largest absolute Gasteiger partial charge is 0.460 e. The lowest BCUT2D eigenvalue weighted by molar-refractivity contribution is -0.154. The minimum Gasteiger partial charge on any atom is -0.460 e. The third-order valence-corrected chi connectivity index (χ3v) is 5.85. The lowest BCUT2D eigenvalue weighted by atomic mass is 9.94. The number of hydrogen-bond donors (Lipinski definition) is 1. The summed E-state index contributed by atoms with van der Waals surface area (Å²) >= 11 is 6.36. The van der Waals surface area contributed by atoms with Gasteiger partial charge < -0.3 is 14.6 Å². The van der Waals surface area contributed by atoms with Crippen LogP contribution in [0.2, 0.25) is 5.02 Å². The number of nitrogens with one attached hydrogen (secondary N) is 1. The molecule has 2 aromatic heterocycles. The SMILES string of the molecule is Cc1cc(-c2nc(-c3cnc(NCCC(=O)OC(C)(C)C)c(Cl)c3)no2)ccc1-c1ccccc1C(F)(F)F. The van der Waals surface area contributed by atoms with Gasteiger partial charge in [0.05, 0.1) is 17.0 Å². The Hall–Kier alpha value is -3.92. The molecule has 2 aromatic carbocycles. The van der Waals surface area contributed by atoms with Gasteiger partial charge in [0, 0.05) is 23.9 Å². The summed E-state index contributed by atoms with van der Waals surface area (Å²) in [4.78, 5) is 20.6. The number of aryl methyl sites for hydroxylation is 1. The van der Waals surface area contributed by atoms with Crippen LogP contribution in [0.5, 0.6) is 0 Å². The second-order valence-corrected chi connectivity index (χ2v) is 10.2. The second kappa shape index (κ2) is 11.1. The summed E-state index contributed by atoms with van der Waals surface area (Å²) in [7, 11) is 0. The Balaban J connectivity index is 1.48. The topological polar surface area (TPSA) is 90.1 Å². The van der Waals surface area contributed by atoms with Crippen LogP contribution < -0.4 is 5.32 Å². The number of carbonyl (C=O) groups is 1. The number of anilines is 1. The maximum absolute atomic E-state index is 13.5. The molecule has 1 N–H and O–H groups in total. The van der Waals surface area contributed by atoms with Crippen LogP contribution in [-0.2, 0) is 15.7 Å². The van der Waals surface area contributed by atoms with Crippen molar-refractivity contribution in [1.29, 1.82) is 0 Å². The van der Waals surface area contributed by atoms with Gasteiger partial charge in [-0.05, 0) is 68.7 Å². The predicted molar refractivity (Wildman–Crippen MR) is 142 cm³/mol. The fourth-order valence-corrected chi connectivity index (χ4v) is 4.12. The zero-order valence-electron chi connectivity index (χ0n) is 21.7. The number of esters is 1. The zero-order valence-corrected chi connectivity index (χ0v) is 22.4. The van der Waals surface area contributed by atoms with Crippen molar-refractivity contribution in [3.8, 4) is 34.0 Å². The average Bonchev–Trinajstić information content (AvgIpc) is 3.34. The number of pyridine rings is 1. The minimum absolute atomic E-state index is 0.0979. The molecule has 0 saturated heterocycles. The molecule has 11 heteroatoms. The molecule has 0 fully saturated rings. The molecule has 0 bridgehead atoms. The molecule has 0 saturated carbocycles. The average molecular weight is 559 g/mol. The maximum atomic E-state index is 13.5. The van der Waals surface area contributed by atoms with E-state index in [1.165, 1.54) is 18.3 Å². The molecule has 4 rings (SSSR count). The van der Waals surface area contributed by atoms with E-state index in [1.807, 2.05) is 0 Å². The normalized spacial score (nSPS) is 11.9. The van der Waals surface area contributed by atoms with E-state index in [0.717, 1.165) is 6.07 Å². The molecule has 0 radical (unpaired) electrons. The van der Waals surface area contributed by atoms with Crippen molar-refractivity contribution in [3.63, 3.8) is 0 Å². The molecule has 39 heavy (non-hydrogen) atoms. The van der Waals surface area contributed by atoms with Crippen molar-refractivity contribution in [3.05, 3.63) is 70.9 Å². The first-order chi connectivity index (χ1) is 18.3. The number of halogens is 4. The first-order valence-corrected chi connectivity index (χ1v) is 12.4. The van der Waals surface area contributed by atoms with Crippen molar-refractivity contribution in [1.82, 2.24) is 15.1 Å². The zero-order chi connectivity index (χ0) is 28.4. The van der Waals surface area contributed by atoms with E-state index in [9.17, 15) is 18.0 Å². The highest BCUT2D eigenvalue weighted by Crippen LogP contribution is 2.39. The van der Waals surface area contributed by atoms with Crippen LogP contribution in [0.25, 0.3) is 34.0 Å². The van der Waals surface area contributed by atoms with Crippen LogP contribution in [-0.4, -0.2) is 33.2 Å². The Bertz CT molecular complexity index is 1500. The third kappa shape index (κ3) is 6.94. The van der Waals surface area contributed by atoms with Crippen LogP contribution in [0.3, 0.4) is 0 Å². The molecule has 0 atom stereocenters. The van der Waals surface area contributed by atoms with Crippen LogP contribution >= 0.6 is 11.6 Å². The van der Waals surface area contributed by atoms with Crippen molar-refractivity contribution in [2.45, 2.75) is 45.9 Å². The highest BCUT2D eigenvalue weighted by molar-refractivity contribution is 6.33. The molecular weight excluding hydrogens is 533 g/mol. The lowest BCUT2D eigenvalue weighted by Crippen LogP contribution is -2.25. The highest BCUT2D eigenvalue weighted by atomic mass is 35.5. The van der Waals surface area contributed by atoms with Gasteiger partial charge in [-0.1, -0.05) is 41.0 Å². The minimum atomic E-state index is -4.47. The van der Waals surface area contributed by atoms with Crippen LogP contribution in [0.15, 0.2) is 59.3 Å². The standard InChI is InChI=1S/C28H26ClF3N4O3/c1-16-13-17(9-10-19(16)20-7-5-6-8-21(20)28(30,31)32)26-35-24(36-39-26)18-14-22(29)25(34-15-18)33-12-11-23(37)38-27(2,3)4/h5-10,13-15H,11-12H2,1-4H3,(H,33,34). The molecule has 0 aliphatic heterocycles. The van der Waals surface area contributed by atoms with Gasteiger partial charge in [0.2, 0.25) is 5.82 Å². The van der Waals surface area contributed by atoms with Gasteiger partial charge in [-0.3, -0.25) is 4.79 Å². The van der Waals surface area contributed by atoms with Crippen molar-refractivity contribution >= 4 is 23.4 Å².